The lowest BCUT2D eigenvalue weighted by atomic mass is 9.98. The third-order valence-electron chi connectivity index (χ3n) is 11.8. The highest BCUT2D eigenvalue weighted by Gasteiger charge is 2.08. The fraction of sp³-hybridized carbons (Fsp3) is 0.941. The molecule has 3 unspecified atom stereocenters. The molecule has 3 heteroatoms. The van der Waals surface area contributed by atoms with Crippen molar-refractivity contribution in [1.82, 2.24) is 0 Å². The third-order valence-corrected chi connectivity index (χ3v) is 11.8. The zero-order valence-electron chi connectivity index (χ0n) is 38.9. The molecule has 324 valence electrons. The Bertz CT molecular complexity index is 758. The minimum Gasteiger partial charge on any atom is -0.300 e. The Hall–Kier alpha value is -0.990. The van der Waals surface area contributed by atoms with E-state index in [1.807, 2.05) is 0 Å². The molecule has 0 heterocycles. The van der Waals surface area contributed by atoms with Crippen LogP contribution in [0, 0.1) is 17.8 Å². The van der Waals surface area contributed by atoms with Gasteiger partial charge in [0.15, 0.2) is 0 Å². The Labute approximate surface area is 341 Å². The van der Waals surface area contributed by atoms with Crippen LogP contribution in [-0.4, -0.2) is 17.3 Å². The number of hydrogen-bond acceptors (Lipinski definition) is 3. The Morgan fingerprint density at radius 2 is 0.389 bits per heavy atom. The van der Waals surface area contributed by atoms with E-state index < -0.39 is 0 Å². The first-order valence-electron chi connectivity index (χ1n) is 24.6. The van der Waals surface area contributed by atoms with E-state index in [9.17, 15) is 14.4 Å². The van der Waals surface area contributed by atoms with Crippen molar-refractivity contribution >= 4 is 17.3 Å². The number of rotatable bonds is 39. The average Bonchev–Trinajstić information content (AvgIpc) is 3.15. The number of Topliss-reactive ketones (excluding diaryl/α,β-unsaturated/α-hetero) is 3. The monoisotopic (exact) mass is 763 g/mol. The Morgan fingerprint density at radius 1 is 0.259 bits per heavy atom. The van der Waals surface area contributed by atoms with Crippen LogP contribution >= 0.6 is 0 Å². The summed E-state index contributed by atoms with van der Waals surface area (Å²) in [5, 5.41) is 0. The van der Waals surface area contributed by atoms with Gasteiger partial charge in [0.25, 0.3) is 0 Å². The molecule has 0 spiro atoms. The number of ketones is 3. The predicted octanol–water partition coefficient (Wildman–Crippen LogP) is 17.7. The molecule has 0 rings (SSSR count). The van der Waals surface area contributed by atoms with E-state index in [1.54, 1.807) is 20.8 Å². The van der Waals surface area contributed by atoms with Crippen molar-refractivity contribution in [2.75, 3.05) is 0 Å². The van der Waals surface area contributed by atoms with Crippen molar-refractivity contribution in [2.45, 2.75) is 293 Å². The van der Waals surface area contributed by atoms with Crippen LogP contribution in [0.15, 0.2) is 0 Å². The van der Waals surface area contributed by atoms with Gasteiger partial charge in [-0.3, -0.25) is 14.4 Å². The van der Waals surface area contributed by atoms with Crippen molar-refractivity contribution in [3.05, 3.63) is 0 Å². The van der Waals surface area contributed by atoms with Gasteiger partial charge in [-0.1, -0.05) is 253 Å². The number of unbranched alkanes of at least 4 members (excludes halogenated alkanes) is 30. The van der Waals surface area contributed by atoms with Gasteiger partial charge in [-0.25, -0.2) is 0 Å². The van der Waals surface area contributed by atoms with Gasteiger partial charge >= 0.3 is 0 Å². The summed E-state index contributed by atoms with van der Waals surface area (Å²) in [6.07, 6.45) is 48.8. The van der Waals surface area contributed by atoms with Crippen LogP contribution in [0.2, 0.25) is 0 Å². The van der Waals surface area contributed by atoms with Crippen LogP contribution in [-0.2, 0) is 14.4 Å². The van der Waals surface area contributed by atoms with Crippen LogP contribution in [0.4, 0.5) is 0 Å². The molecule has 0 bridgehead atoms. The SMILES string of the molecule is CCCCCCCCCCCCC(C)C(C)=O.CCCCCCCCCCCCCC(C)C(C)=O.CCCCCCCCCCCCCCC(C)C(C)=O. The van der Waals surface area contributed by atoms with E-state index in [4.69, 9.17) is 0 Å². The van der Waals surface area contributed by atoms with E-state index >= 15 is 0 Å². The van der Waals surface area contributed by atoms with Crippen LogP contribution in [0.3, 0.4) is 0 Å². The molecule has 0 N–H and O–H groups in total. The van der Waals surface area contributed by atoms with Gasteiger partial charge in [-0.05, 0) is 40.0 Å². The van der Waals surface area contributed by atoms with Crippen LogP contribution in [0.25, 0.3) is 0 Å². The van der Waals surface area contributed by atoms with Crippen LogP contribution in [0.5, 0.6) is 0 Å². The zero-order chi connectivity index (χ0) is 40.9. The lowest BCUT2D eigenvalue weighted by molar-refractivity contribution is -0.121. The first kappa shape index (κ1) is 57.3. The second kappa shape index (κ2) is 48.2. The molecule has 0 aliphatic heterocycles. The summed E-state index contributed by atoms with van der Waals surface area (Å²) in [4.78, 5) is 33.2. The predicted molar refractivity (Wildman–Crippen MR) is 243 cm³/mol. The fourth-order valence-electron chi connectivity index (χ4n) is 6.95. The van der Waals surface area contributed by atoms with E-state index in [-0.39, 0.29) is 17.8 Å². The molecule has 0 aliphatic carbocycles. The van der Waals surface area contributed by atoms with E-state index in [1.165, 1.54) is 212 Å². The summed E-state index contributed by atoms with van der Waals surface area (Å²) < 4.78 is 0. The van der Waals surface area contributed by atoms with Crippen molar-refractivity contribution in [3.63, 3.8) is 0 Å². The van der Waals surface area contributed by atoms with Gasteiger partial charge in [-0.15, -0.1) is 0 Å². The smallest absolute Gasteiger partial charge is 0.132 e. The van der Waals surface area contributed by atoms with Crippen molar-refractivity contribution < 1.29 is 14.4 Å². The molecule has 0 aromatic heterocycles. The maximum Gasteiger partial charge on any atom is 0.132 e. The molecule has 0 saturated carbocycles. The van der Waals surface area contributed by atoms with Gasteiger partial charge in [0.2, 0.25) is 0 Å². The summed E-state index contributed by atoms with van der Waals surface area (Å²) in [5.41, 5.74) is 0. The molecule has 0 aromatic rings. The largest absolute Gasteiger partial charge is 0.300 e. The highest BCUT2D eigenvalue weighted by Crippen LogP contribution is 2.17. The first-order chi connectivity index (χ1) is 26.0. The summed E-state index contributed by atoms with van der Waals surface area (Å²) in [5.74, 6) is 1.89. The normalized spacial score (nSPS) is 12.6. The molecular weight excluding hydrogens is 661 g/mol. The molecule has 0 amide bonds. The number of carbonyl (C=O) groups is 3. The van der Waals surface area contributed by atoms with Crippen molar-refractivity contribution in [3.8, 4) is 0 Å². The second-order valence-electron chi connectivity index (χ2n) is 17.5. The summed E-state index contributed by atoms with van der Waals surface area (Å²) in [6.45, 7) is 18.1. The maximum absolute atomic E-state index is 11.1. The van der Waals surface area contributed by atoms with Gasteiger partial charge in [0.05, 0.1) is 0 Å². The first-order valence-corrected chi connectivity index (χ1v) is 24.6. The summed E-state index contributed by atoms with van der Waals surface area (Å²) in [7, 11) is 0. The van der Waals surface area contributed by atoms with Crippen molar-refractivity contribution in [1.29, 1.82) is 0 Å². The quantitative estimate of drug-likeness (QED) is 0.0586. The van der Waals surface area contributed by atoms with Gasteiger partial charge < -0.3 is 0 Å². The summed E-state index contributed by atoms with van der Waals surface area (Å²) >= 11 is 0. The lowest BCUT2D eigenvalue weighted by Crippen LogP contribution is -2.05. The molecule has 0 aliphatic rings. The van der Waals surface area contributed by atoms with Gasteiger partial charge in [0.1, 0.15) is 17.3 Å². The topological polar surface area (TPSA) is 51.2 Å². The van der Waals surface area contributed by atoms with Crippen LogP contribution in [0.1, 0.15) is 293 Å². The van der Waals surface area contributed by atoms with Crippen LogP contribution < -0.4 is 0 Å². The molecule has 3 nitrogen and oxygen atoms in total. The fourth-order valence-corrected chi connectivity index (χ4v) is 6.95. The lowest BCUT2D eigenvalue weighted by Gasteiger charge is -2.06. The van der Waals surface area contributed by atoms with E-state index in [0.717, 1.165) is 19.3 Å². The Kier molecular flexibility index (Phi) is 51.1. The Balaban J connectivity index is -0.000000724. The number of hydrogen-bond donors (Lipinski definition) is 0. The maximum atomic E-state index is 11.1. The minimum atomic E-state index is 0.281. The zero-order valence-corrected chi connectivity index (χ0v) is 38.9. The third kappa shape index (κ3) is 51.0. The average molecular weight is 763 g/mol. The molecular formula is C51H102O3. The highest BCUT2D eigenvalue weighted by atomic mass is 16.1. The molecule has 0 saturated heterocycles. The second-order valence-corrected chi connectivity index (χ2v) is 17.5. The molecule has 0 aromatic carbocycles. The van der Waals surface area contributed by atoms with Gasteiger partial charge in [-0.2, -0.15) is 0 Å². The van der Waals surface area contributed by atoms with E-state index in [0.29, 0.717) is 17.3 Å². The van der Waals surface area contributed by atoms with Gasteiger partial charge in [0, 0.05) is 17.8 Å². The Morgan fingerprint density at radius 3 is 0.519 bits per heavy atom. The summed E-state index contributed by atoms with van der Waals surface area (Å²) in [6, 6.07) is 0. The molecule has 0 fully saturated rings. The molecule has 54 heavy (non-hydrogen) atoms. The minimum absolute atomic E-state index is 0.281. The number of carbonyl (C=O) groups excluding carboxylic acids is 3. The standard InChI is InChI=1S/C18H36O.C17H34O.C16H32O/c1-4-5-6-7-8-9-10-11-12-13-14-15-16-17(2)18(3)19;1-4-5-6-7-8-9-10-11-12-13-14-15-16(2)17(3)18;1-4-5-6-7-8-9-10-11-12-13-14-15(2)16(3)17/h17H,4-16H2,1-3H3;16H,4-15H2,1-3H3;15H,4-14H2,1-3H3. The molecule has 3 atom stereocenters. The van der Waals surface area contributed by atoms with E-state index in [2.05, 4.69) is 41.5 Å². The van der Waals surface area contributed by atoms with Crippen molar-refractivity contribution in [2.24, 2.45) is 17.8 Å². The highest BCUT2D eigenvalue weighted by molar-refractivity contribution is 5.78. The molecule has 0 radical (unpaired) electrons.